The van der Waals surface area contributed by atoms with E-state index in [0.29, 0.717) is 0 Å². The smallest absolute Gasteiger partial charge is 0.0613 e. The second-order valence-corrected chi connectivity index (χ2v) is 6.22. The van der Waals surface area contributed by atoms with Crippen LogP contribution in [0.1, 0.15) is 23.6 Å². The lowest BCUT2D eigenvalue weighted by atomic mass is 9.65. The van der Waals surface area contributed by atoms with Crippen molar-refractivity contribution in [3.63, 3.8) is 0 Å². The average molecular weight is 322 g/mol. The van der Waals surface area contributed by atoms with Gasteiger partial charge in [-0.05, 0) is 29.7 Å². The minimum atomic E-state index is -0.485. The van der Waals surface area contributed by atoms with Crippen LogP contribution in [0.25, 0.3) is 0 Å². The average Bonchev–Trinajstić information content (AvgIpc) is 2.59. The Morgan fingerprint density at radius 2 is 1.17 bits per heavy atom. The summed E-state index contributed by atoms with van der Waals surface area (Å²) in [6.45, 7) is 2.04. The highest BCUT2D eigenvalue weighted by Gasteiger charge is 2.41. The van der Waals surface area contributed by atoms with Crippen LogP contribution in [0.3, 0.4) is 0 Å². The van der Waals surface area contributed by atoms with E-state index in [1.54, 1.807) is 0 Å². The third-order valence-electron chi connectivity index (χ3n) is 4.44. The maximum atomic E-state index is 6.60. The van der Waals surface area contributed by atoms with Crippen LogP contribution in [0, 0.1) is 0 Å². The molecule has 3 rings (SSSR count). The van der Waals surface area contributed by atoms with E-state index >= 15 is 0 Å². The summed E-state index contributed by atoms with van der Waals surface area (Å²) >= 11 is 6.60. The van der Waals surface area contributed by atoms with E-state index in [1.165, 1.54) is 0 Å². The molecular weight excluding hydrogens is 302 g/mol. The van der Waals surface area contributed by atoms with Gasteiger partial charge in [0.1, 0.15) is 0 Å². The van der Waals surface area contributed by atoms with Crippen molar-refractivity contribution in [2.24, 2.45) is 5.73 Å². The number of benzene rings is 3. The molecule has 23 heavy (non-hydrogen) atoms. The SMILES string of the molecule is CC(N)C(c1ccccc1)(c1ccccc1)c1ccccc1Cl. The second kappa shape index (κ2) is 6.57. The van der Waals surface area contributed by atoms with Gasteiger partial charge in [-0.15, -0.1) is 0 Å². The minimum Gasteiger partial charge on any atom is -0.327 e. The zero-order valence-corrected chi connectivity index (χ0v) is 13.9. The second-order valence-electron chi connectivity index (χ2n) is 5.81. The standard InChI is InChI=1S/C21H20ClN/c1-16(23)21(17-10-4-2-5-11-17,18-12-6-3-7-13-18)19-14-8-9-15-20(19)22/h2-16H,23H2,1H3. The fraction of sp³-hybridized carbons (Fsp3) is 0.143. The predicted molar refractivity (Wildman–Crippen MR) is 97.9 cm³/mol. The zero-order valence-electron chi connectivity index (χ0n) is 13.1. The summed E-state index contributed by atoms with van der Waals surface area (Å²) in [4.78, 5) is 0. The highest BCUT2D eigenvalue weighted by molar-refractivity contribution is 6.31. The van der Waals surface area contributed by atoms with Gasteiger partial charge in [-0.2, -0.15) is 0 Å². The molecule has 0 heterocycles. The Kier molecular flexibility index (Phi) is 4.51. The van der Waals surface area contributed by atoms with Gasteiger partial charge < -0.3 is 5.73 Å². The first-order valence-electron chi connectivity index (χ1n) is 7.79. The van der Waals surface area contributed by atoms with E-state index in [-0.39, 0.29) is 6.04 Å². The molecule has 2 heteroatoms. The van der Waals surface area contributed by atoms with Gasteiger partial charge in [0.15, 0.2) is 0 Å². The number of halogens is 1. The Hall–Kier alpha value is -2.09. The third kappa shape index (κ3) is 2.67. The number of nitrogens with two attached hydrogens (primary N) is 1. The zero-order chi connectivity index (χ0) is 16.3. The van der Waals surface area contributed by atoms with Crippen molar-refractivity contribution in [1.82, 2.24) is 0 Å². The van der Waals surface area contributed by atoms with Crippen LogP contribution in [0.4, 0.5) is 0 Å². The summed E-state index contributed by atoms with van der Waals surface area (Å²) < 4.78 is 0. The molecule has 0 radical (unpaired) electrons. The fourth-order valence-corrected chi connectivity index (χ4v) is 3.72. The van der Waals surface area contributed by atoms with Gasteiger partial charge in [-0.25, -0.2) is 0 Å². The largest absolute Gasteiger partial charge is 0.327 e. The molecule has 0 amide bonds. The topological polar surface area (TPSA) is 26.0 Å². The third-order valence-corrected chi connectivity index (χ3v) is 4.77. The van der Waals surface area contributed by atoms with Crippen LogP contribution >= 0.6 is 11.6 Å². The number of hydrogen-bond donors (Lipinski definition) is 1. The van der Waals surface area contributed by atoms with Gasteiger partial charge in [-0.1, -0.05) is 90.5 Å². The first-order chi connectivity index (χ1) is 11.2. The van der Waals surface area contributed by atoms with E-state index in [1.807, 2.05) is 61.5 Å². The molecule has 1 unspecified atom stereocenters. The van der Waals surface area contributed by atoms with Gasteiger partial charge in [0.2, 0.25) is 0 Å². The summed E-state index contributed by atoms with van der Waals surface area (Å²) in [6, 6.07) is 28.6. The Morgan fingerprint density at radius 1 is 0.739 bits per heavy atom. The molecule has 0 aliphatic rings. The van der Waals surface area contributed by atoms with Crippen molar-refractivity contribution in [2.75, 3.05) is 0 Å². The molecule has 0 aliphatic heterocycles. The van der Waals surface area contributed by atoms with Crippen LogP contribution in [0.2, 0.25) is 5.02 Å². The molecule has 2 N–H and O–H groups in total. The molecule has 0 saturated carbocycles. The van der Waals surface area contributed by atoms with Crippen LogP contribution < -0.4 is 5.73 Å². The lowest BCUT2D eigenvalue weighted by Crippen LogP contribution is -2.45. The fourth-order valence-electron chi connectivity index (χ4n) is 3.43. The van der Waals surface area contributed by atoms with Crippen LogP contribution in [0.5, 0.6) is 0 Å². The molecular formula is C21H20ClN. The lowest BCUT2D eigenvalue weighted by Gasteiger charge is -2.40. The highest BCUT2D eigenvalue weighted by atomic mass is 35.5. The van der Waals surface area contributed by atoms with E-state index < -0.39 is 5.41 Å². The summed E-state index contributed by atoms with van der Waals surface area (Å²) in [5, 5.41) is 0.734. The molecule has 3 aromatic rings. The van der Waals surface area contributed by atoms with Crippen molar-refractivity contribution in [2.45, 2.75) is 18.4 Å². The molecule has 0 bridgehead atoms. The molecule has 1 nitrogen and oxygen atoms in total. The molecule has 116 valence electrons. The molecule has 0 saturated heterocycles. The van der Waals surface area contributed by atoms with Gasteiger partial charge >= 0.3 is 0 Å². The monoisotopic (exact) mass is 321 g/mol. The summed E-state index contributed by atoms with van der Waals surface area (Å²) in [5.74, 6) is 0. The number of hydrogen-bond acceptors (Lipinski definition) is 1. The Bertz CT molecular complexity index is 727. The lowest BCUT2D eigenvalue weighted by molar-refractivity contribution is 0.506. The summed E-state index contributed by atoms with van der Waals surface area (Å²) in [5.41, 5.74) is 9.42. The van der Waals surface area contributed by atoms with Crippen molar-refractivity contribution < 1.29 is 0 Å². The summed E-state index contributed by atoms with van der Waals surface area (Å²) in [7, 11) is 0. The maximum absolute atomic E-state index is 6.60. The van der Waals surface area contributed by atoms with Crippen molar-refractivity contribution in [3.05, 3.63) is 107 Å². The Labute approximate surface area is 142 Å². The van der Waals surface area contributed by atoms with Crippen LogP contribution in [-0.2, 0) is 5.41 Å². The van der Waals surface area contributed by atoms with Crippen molar-refractivity contribution in [1.29, 1.82) is 0 Å². The Balaban J connectivity index is 2.39. The summed E-state index contributed by atoms with van der Waals surface area (Å²) in [6.07, 6.45) is 0. The van der Waals surface area contributed by atoms with Gasteiger partial charge in [0.05, 0.1) is 5.41 Å². The van der Waals surface area contributed by atoms with E-state index in [9.17, 15) is 0 Å². The minimum absolute atomic E-state index is 0.146. The van der Waals surface area contributed by atoms with Crippen LogP contribution in [-0.4, -0.2) is 6.04 Å². The molecule has 3 aromatic carbocycles. The predicted octanol–water partition coefficient (Wildman–Crippen LogP) is 5.02. The van der Waals surface area contributed by atoms with Crippen molar-refractivity contribution in [3.8, 4) is 0 Å². The first kappa shape index (κ1) is 15.8. The van der Waals surface area contributed by atoms with Gasteiger partial charge in [0.25, 0.3) is 0 Å². The molecule has 0 fully saturated rings. The number of rotatable bonds is 4. The van der Waals surface area contributed by atoms with Gasteiger partial charge in [-0.3, -0.25) is 0 Å². The van der Waals surface area contributed by atoms with Crippen LogP contribution in [0.15, 0.2) is 84.9 Å². The Morgan fingerprint density at radius 3 is 1.61 bits per heavy atom. The van der Waals surface area contributed by atoms with Gasteiger partial charge in [0, 0.05) is 11.1 Å². The molecule has 1 atom stereocenters. The normalized spacial score (nSPS) is 12.8. The molecule has 0 spiro atoms. The molecule has 0 aromatic heterocycles. The van der Waals surface area contributed by atoms with Crippen molar-refractivity contribution >= 4 is 11.6 Å². The first-order valence-corrected chi connectivity index (χ1v) is 8.17. The van der Waals surface area contributed by atoms with E-state index in [4.69, 9.17) is 17.3 Å². The highest BCUT2D eigenvalue weighted by Crippen LogP contribution is 2.44. The van der Waals surface area contributed by atoms with E-state index in [2.05, 4.69) is 30.3 Å². The maximum Gasteiger partial charge on any atom is 0.0613 e. The van der Waals surface area contributed by atoms with E-state index in [0.717, 1.165) is 21.7 Å². The quantitative estimate of drug-likeness (QED) is 0.671. The molecule has 0 aliphatic carbocycles.